The van der Waals surface area contributed by atoms with Crippen molar-refractivity contribution in [3.05, 3.63) is 35.9 Å². The van der Waals surface area contributed by atoms with Crippen molar-refractivity contribution >= 4 is 5.78 Å². The van der Waals surface area contributed by atoms with Crippen molar-refractivity contribution in [1.82, 2.24) is 0 Å². The van der Waals surface area contributed by atoms with E-state index < -0.39 is 5.60 Å². The lowest BCUT2D eigenvalue weighted by molar-refractivity contribution is -0.143. The highest BCUT2D eigenvalue weighted by atomic mass is 16.5. The molecule has 2 unspecified atom stereocenters. The smallest absolute Gasteiger partial charge is 0.168 e. The standard InChI is InChI=1S/C16H22O2/c1-4-16(5-2,18-3)15(17)14-11-13(14)12-9-7-6-8-10-12/h6-10,13-14H,4-5,11H2,1-3H3. The second-order valence-corrected chi connectivity index (χ2v) is 5.13. The lowest BCUT2D eigenvalue weighted by Gasteiger charge is -2.28. The fourth-order valence-electron chi connectivity index (χ4n) is 2.88. The molecule has 0 saturated heterocycles. The van der Waals surface area contributed by atoms with Gasteiger partial charge < -0.3 is 4.74 Å². The first-order chi connectivity index (χ1) is 8.68. The molecule has 1 saturated carbocycles. The van der Waals surface area contributed by atoms with Crippen LogP contribution in [0.1, 0.15) is 44.6 Å². The fourth-order valence-corrected chi connectivity index (χ4v) is 2.88. The summed E-state index contributed by atoms with van der Waals surface area (Å²) >= 11 is 0. The van der Waals surface area contributed by atoms with Gasteiger partial charge >= 0.3 is 0 Å². The topological polar surface area (TPSA) is 26.3 Å². The Morgan fingerprint density at radius 2 is 1.89 bits per heavy atom. The molecule has 1 aliphatic rings. The van der Waals surface area contributed by atoms with Crippen molar-refractivity contribution < 1.29 is 9.53 Å². The third-order valence-corrected chi connectivity index (χ3v) is 4.34. The average molecular weight is 246 g/mol. The van der Waals surface area contributed by atoms with Gasteiger partial charge in [0, 0.05) is 13.0 Å². The molecule has 1 aromatic rings. The quantitative estimate of drug-likeness (QED) is 0.767. The molecule has 98 valence electrons. The van der Waals surface area contributed by atoms with Crippen LogP contribution in [0.25, 0.3) is 0 Å². The Morgan fingerprint density at radius 3 is 2.39 bits per heavy atom. The van der Waals surface area contributed by atoms with Crippen molar-refractivity contribution in [2.75, 3.05) is 7.11 Å². The molecule has 2 atom stereocenters. The van der Waals surface area contributed by atoms with Gasteiger partial charge in [-0.05, 0) is 30.7 Å². The van der Waals surface area contributed by atoms with E-state index in [4.69, 9.17) is 4.74 Å². The van der Waals surface area contributed by atoms with E-state index >= 15 is 0 Å². The Hall–Kier alpha value is -1.15. The van der Waals surface area contributed by atoms with Gasteiger partial charge in [0.1, 0.15) is 5.60 Å². The van der Waals surface area contributed by atoms with Gasteiger partial charge in [-0.15, -0.1) is 0 Å². The van der Waals surface area contributed by atoms with Crippen LogP contribution in [0.5, 0.6) is 0 Å². The number of rotatable bonds is 6. The van der Waals surface area contributed by atoms with Crippen molar-refractivity contribution in [2.45, 2.75) is 44.6 Å². The van der Waals surface area contributed by atoms with Crippen LogP contribution in [0.3, 0.4) is 0 Å². The van der Waals surface area contributed by atoms with Crippen molar-refractivity contribution in [2.24, 2.45) is 5.92 Å². The summed E-state index contributed by atoms with van der Waals surface area (Å²) in [7, 11) is 1.66. The van der Waals surface area contributed by atoms with Crippen LogP contribution in [-0.4, -0.2) is 18.5 Å². The molecule has 2 heteroatoms. The van der Waals surface area contributed by atoms with E-state index in [0.29, 0.717) is 11.7 Å². The molecular formula is C16H22O2. The van der Waals surface area contributed by atoms with E-state index in [1.165, 1.54) is 5.56 Å². The van der Waals surface area contributed by atoms with Gasteiger partial charge in [-0.25, -0.2) is 0 Å². The van der Waals surface area contributed by atoms with E-state index in [-0.39, 0.29) is 5.92 Å². The summed E-state index contributed by atoms with van der Waals surface area (Å²) in [6.07, 6.45) is 2.50. The molecule has 2 rings (SSSR count). The largest absolute Gasteiger partial charge is 0.370 e. The Balaban J connectivity index is 2.09. The van der Waals surface area contributed by atoms with Crippen molar-refractivity contribution in [1.29, 1.82) is 0 Å². The maximum atomic E-state index is 12.6. The molecule has 2 nitrogen and oxygen atoms in total. The minimum absolute atomic E-state index is 0.159. The summed E-state index contributed by atoms with van der Waals surface area (Å²) in [4.78, 5) is 12.6. The van der Waals surface area contributed by atoms with Crippen LogP contribution in [0.2, 0.25) is 0 Å². The number of ether oxygens (including phenoxy) is 1. The molecule has 0 amide bonds. The molecule has 0 aliphatic heterocycles. The molecule has 0 bridgehead atoms. The number of hydrogen-bond acceptors (Lipinski definition) is 2. The van der Waals surface area contributed by atoms with Crippen molar-refractivity contribution in [3.63, 3.8) is 0 Å². The van der Waals surface area contributed by atoms with Crippen LogP contribution in [0.4, 0.5) is 0 Å². The van der Waals surface area contributed by atoms with E-state index in [0.717, 1.165) is 19.3 Å². The number of carbonyl (C=O) groups excluding carboxylic acids is 1. The van der Waals surface area contributed by atoms with Gasteiger partial charge in [-0.3, -0.25) is 4.79 Å². The number of ketones is 1. The predicted molar refractivity (Wildman–Crippen MR) is 72.6 cm³/mol. The predicted octanol–water partition coefficient (Wildman–Crippen LogP) is 3.56. The maximum Gasteiger partial charge on any atom is 0.168 e. The molecule has 1 aromatic carbocycles. The summed E-state index contributed by atoms with van der Waals surface area (Å²) in [6, 6.07) is 10.3. The summed E-state index contributed by atoms with van der Waals surface area (Å²) in [5, 5.41) is 0. The van der Waals surface area contributed by atoms with Gasteiger partial charge in [0.25, 0.3) is 0 Å². The highest BCUT2D eigenvalue weighted by Crippen LogP contribution is 2.50. The molecule has 0 radical (unpaired) electrons. The van der Waals surface area contributed by atoms with Crippen LogP contribution in [-0.2, 0) is 9.53 Å². The van der Waals surface area contributed by atoms with Gasteiger partial charge in [0.2, 0.25) is 0 Å². The fraction of sp³-hybridized carbons (Fsp3) is 0.562. The van der Waals surface area contributed by atoms with Crippen LogP contribution < -0.4 is 0 Å². The zero-order valence-electron chi connectivity index (χ0n) is 11.5. The molecule has 1 aliphatic carbocycles. The minimum atomic E-state index is -0.561. The zero-order chi connectivity index (χ0) is 13.2. The molecule has 0 spiro atoms. The second kappa shape index (κ2) is 5.23. The van der Waals surface area contributed by atoms with Gasteiger partial charge in [-0.2, -0.15) is 0 Å². The molecular weight excluding hydrogens is 224 g/mol. The SMILES string of the molecule is CCC(CC)(OC)C(=O)C1CC1c1ccccc1. The van der Waals surface area contributed by atoms with Crippen molar-refractivity contribution in [3.8, 4) is 0 Å². The third-order valence-electron chi connectivity index (χ3n) is 4.34. The molecule has 0 aromatic heterocycles. The molecule has 18 heavy (non-hydrogen) atoms. The van der Waals surface area contributed by atoms with Gasteiger partial charge in [0.15, 0.2) is 5.78 Å². The number of methoxy groups -OCH3 is 1. The minimum Gasteiger partial charge on any atom is -0.370 e. The van der Waals surface area contributed by atoms with Crippen LogP contribution in [0, 0.1) is 5.92 Å². The highest BCUT2D eigenvalue weighted by Gasteiger charge is 2.50. The zero-order valence-corrected chi connectivity index (χ0v) is 11.5. The number of carbonyl (C=O) groups is 1. The van der Waals surface area contributed by atoms with Crippen LogP contribution in [0.15, 0.2) is 30.3 Å². The lowest BCUT2D eigenvalue weighted by atomic mass is 9.88. The third kappa shape index (κ3) is 2.22. The number of Topliss-reactive ketones (excluding diaryl/α,β-unsaturated/α-hetero) is 1. The van der Waals surface area contributed by atoms with E-state index in [9.17, 15) is 4.79 Å². The number of benzene rings is 1. The first-order valence-electron chi connectivity index (χ1n) is 6.83. The Bertz CT molecular complexity index is 398. The average Bonchev–Trinajstić information content (AvgIpc) is 3.22. The van der Waals surface area contributed by atoms with E-state index in [2.05, 4.69) is 12.1 Å². The van der Waals surface area contributed by atoms with Crippen LogP contribution >= 0.6 is 0 Å². The van der Waals surface area contributed by atoms with Gasteiger partial charge in [0.05, 0.1) is 0 Å². The first kappa shape index (κ1) is 13.3. The summed E-state index contributed by atoms with van der Waals surface area (Å²) in [6.45, 7) is 4.07. The van der Waals surface area contributed by atoms with Gasteiger partial charge in [-0.1, -0.05) is 44.2 Å². The summed E-state index contributed by atoms with van der Waals surface area (Å²) < 4.78 is 5.53. The number of hydrogen-bond donors (Lipinski definition) is 0. The maximum absolute atomic E-state index is 12.6. The molecule has 0 heterocycles. The van der Waals surface area contributed by atoms with E-state index in [1.54, 1.807) is 7.11 Å². The van der Waals surface area contributed by atoms with E-state index in [1.807, 2.05) is 32.0 Å². The summed E-state index contributed by atoms with van der Waals surface area (Å²) in [5.41, 5.74) is 0.724. The Kier molecular flexibility index (Phi) is 3.86. The molecule has 1 fully saturated rings. The monoisotopic (exact) mass is 246 g/mol. The Morgan fingerprint density at radius 1 is 1.28 bits per heavy atom. The normalized spacial score (nSPS) is 22.8. The first-order valence-corrected chi connectivity index (χ1v) is 6.83. The molecule has 0 N–H and O–H groups in total. The Labute approximate surface area is 109 Å². The second-order valence-electron chi connectivity index (χ2n) is 5.13. The summed E-state index contributed by atoms with van der Waals surface area (Å²) in [5.74, 6) is 0.863. The highest BCUT2D eigenvalue weighted by molar-refractivity contribution is 5.92. The lowest BCUT2D eigenvalue weighted by Crippen LogP contribution is -2.40.